The fraction of sp³-hybridized carbons (Fsp3) is 0.160. The van der Waals surface area contributed by atoms with E-state index in [0.717, 1.165) is 5.56 Å². The molecule has 0 saturated carbocycles. The summed E-state index contributed by atoms with van der Waals surface area (Å²) in [6.45, 7) is 1.84. The third-order valence-electron chi connectivity index (χ3n) is 6.04. The molecule has 0 spiro atoms. The number of amides is 4. The molecule has 2 atom stereocenters. The first-order valence-electron chi connectivity index (χ1n) is 10.6. The number of primary amides is 1. The normalized spacial score (nSPS) is 20.6. The third-order valence-corrected chi connectivity index (χ3v) is 6.28. The van der Waals surface area contributed by atoms with Crippen molar-refractivity contribution >= 4 is 40.8 Å². The van der Waals surface area contributed by atoms with Gasteiger partial charge in [0, 0.05) is 22.6 Å². The SMILES string of the molecule is C[C@@]12C[C@@H](NC(=O)N1c1cccc(C(=O)Nc3ccccc3C(N)=O)c1)c1cc(Cl)ccc1O2. The summed E-state index contributed by atoms with van der Waals surface area (Å²) in [4.78, 5) is 39.3. The van der Waals surface area contributed by atoms with Crippen molar-refractivity contribution in [2.45, 2.75) is 25.1 Å². The standard InChI is InChI=1S/C25H21ClN4O4/c1-25-13-20(18-12-15(26)9-10-21(18)34-25)29-24(33)30(25)16-6-4-5-14(11-16)23(32)28-19-8-3-2-7-17(19)22(27)31/h2-12,20H,13H2,1H3,(H2,27,31)(H,28,32)(H,29,33)/t20-,25-/m1/s1. The van der Waals surface area contributed by atoms with Gasteiger partial charge in [0.15, 0.2) is 5.72 Å². The molecule has 2 aliphatic heterocycles. The lowest BCUT2D eigenvalue weighted by molar-refractivity contribution is 0.0378. The Hall–Kier alpha value is -4.04. The first-order valence-corrected chi connectivity index (χ1v) is 11.0. The van der Waals surface area contributed by atoms with Crippen LogP contribution in [-0.2, 0) is 0 Å². The van der Waals surface area contributed by atoms with E-state index in [1.54, 1.807) is 60.7 Å². The van der Waals surface area contributed by atoms with Crippen molar-refractivity contribution in [1.29, 1.82) is 0 Å². The second-order valence-electron chi connectivity index (χ2n) is 8.42. The molecule has 9 heteroatoms. The number of hydrogen-bond donors (Lipinski definition) is 3. The Bertz CT molecular complexity index is 1340. The molecule has 0 radical (unpaired) electrons. The molecule has 0 unspecified atom stereocenters. The van der Waals surface area contributed by atoms with Crippen molar-refractivity contribution in [3.05, 3.63) is 88.4 Å². The number of rotatable bonds is 4. The van der Waals surface area contributed by atoms with Gasteiger partial charge in [0.05, 0.1) is 23.0 Å². The zero-order chi connectivity index (χ0) is 24.0. The summed E-state index contributed by atoms with van der Waals surface area (Å²) in [6.07, 6.45) is 0.495. The average molecular weight is 477 g/mol. The Kier molecular flexibility index (Phi) is 5.17. The zero-order valence-corrected chi connectivity index (χ0v) is 18.9. The van der Waals surface area contributed by atoms with Crippen LogP contribution in [0.5, 0.6) is 5.75 Å². The maximum Gasteiger partial charge on any atom is 0.325 e. The van der Waals surface area contributed by atoms with Crippen LogP contribution in [0.1, 0.15) is 45.7 Å². The number of hydrogen-bond acceptors (Lipinski definition) is 4. The van der Waals surface area contributed by atoms with E-state index in [9.17, 15) is 14.4 Å². The molecule has 0 aromatic heterocycles. The summed E-state index contributed by atoms with van der Waals surface area (Å²) in [5, 5.41) is 6.30. The highest BCUT2D eigenvalue weighted by Crippen LogP contribution is 2.46. The number of nitrogens with zero attached hydrogens (tertiary/aromatic N) is 1. The van der Waals surface area contributed by atoms with Crippen LogP contribution < -0.4 is 26.0 Å². The van der Waals surface area contributed by atoms with E-state index in [1.807, 2.05) is 6.92 Å². The maximum absolute atomic E-state index is 13.1. The largest absolute Gasteiger partial charge is 0.467 e. The molecular formula is C25H21ClN4O4. The van der Waals surface area contributed by atoms with Gasteiger partial charge in [-0.05, 0) is 55.5 Å². The average Bonchev–Trinajstić information content (AvgIpc) is 2.79. The third kappa shape index (κ3) is 3.72. The highest BCUT2D eigenvalue weighted by molar-refractivity contribution is 6.30. The molecule has 2 bridgehead atoms. The molecule has 8 nitrogen and oxygen atoms in total. The van der Waals surface area contributed by atoms with E-state index in [0.29, 0.717) is 34.1 Å². The van der Waals surface area contributed by atoms with Crippen LogP contribution in [0.25, 0.3) is 0 Å². The molecule has 2 aliphatic rings. The fourth-order valence-corrected chi connectivity index (χ4v) is 4.70. The minimum atomic E-state index is -0.971. The number of nitrogens with two attached hydrogens (primary N) is 1. The van der Waals surface area contributed by atoms with Gasteiger partial charge in [-0.1, -0.05) is 29.8 Å². The molecule has 3 aromatic carbocycles. The summed E-state index contributed by atoms with van der Waals surface area (Å²) in [5.41, 5.74) is 6.58. The molecular weight excluding hydrogens is 456 g/mol. The van der Waals surface area contributed by atoms with Crippen LogP contribution in [0, 0.1) is 0 Å². The van der Waals surface area contributed by atoms with Gasteiger partial charge in [-0.2, -0.15) is 0 Å². The number of anilines is 2. The predicted octanol–water partition coefficient (Wildman–Crippen LogP) is 4.46. The van der Waals surface area contributed by atoms with E-state index < -0.39 is 17.5 Å². The Morgan fingerprint density at radius 3 is 2.74 bits per heavy atom. The lowest BCUT2D eigenvalue weighted by atomic mass is 9.90. The molecule has 3 aromatic rings. The van der Waals surface area contributed by atoms with Gasteiger partial charge in [0.1, 0.15) is 5.75 Å². The monoisotopic (exact) mass is 476 g/mol. The van der Waals surface area contributed by atoms with Gasteiger partial charge in [-0.3, -0.25) is 14.5 Å². The molecule has 1 fully saturated rings. The van der Waals surface area contributed by atoms with E-state index in [1.165, 1.54) is 11.0 Å². The molecule has 1 saturated heterocycles. The number of benzene rings is 3. The van der Waals surface area contributed by atoms with Gasteiger partial charge in [0.25, 0.3) is 11.8 Å². The lowest BCUT2D eigenvalue weighted by Crippen LogP contribution is -2.65. The van der Waals surface area contributed by atoms with Crippen LogP contribution in [0.3, 0.4) is 0 Å². The number of urea groups is 1. The fourth-order valence-electron chi connectivity index (χ4n) is 4.52. The number of nitrogens with one attached hydrogen (secondary N) is 2. The first-order chi connectivity index (χ1) is 16.2. The summed E-state index contributed by atoms with van der Waals surface area (Å²) < 4.78 is 6.28. The van der Waals surface area contributed by atoms with Crippen molar-refractivity contribution < 1.29 is 19.1 Å². The van der Waals surface area contributed by atoms with Crippen LogP contribution in [0.15, 0.2) is 66.7 Å². The molecule has 4 N–H and O–H groups in total. The van der Waals surface area contributed by atoms with Crippen molar-refractivity contribution in [1.82, 2.24) is 5.32 Å². The first kappa shape index (κ1) is 21.8. The van der Waals surface area contributed by atoms with E-state index in [-0.39, 0.29) is 17.6 Å². The van der Waals surface area contributed by atoms with Crippen molar-refractivity contribution in [3.8, 4) is 5.75 Å². The van der Waals surface area contributed by atoms with Crippen molar-refractivity contribution in [3.63, 3.8) is 0 Å². The van der Waals surface area contributed by atoms with Crippen molar-refractivity contribution in [2.24, 2.45) is 5.73 Å². The summed E-state index contributed by atoms with van der Waals surface area (Å²) in [5.74, 6) is -0.446. The Morgan fingerprint density at radius 1 is 1.15 bits per heavy atom. The summed E-state index contributed by atoms with van der Waals surface area (Å²) in [6, 6.07) is 17.9. The van der Waals surface area contributed by atoms with Gasteiger partial charge >= 0.3 is 6.03 Å². The minimum absolute atomic E-state index is 0.204. The van der Waals surface area contributed by atoms with Crippen LogP contribution in [-0.4, -0.2) is 23.6 Å². The van der Waals surface area contributed by atoms with Gasteiger partial charge < -0.3 is 21.1 Å². The highest BCUT2D eigenvalue weighted by atomic mass is 35.5. The van der Waals surface area contributed by atoms with E-state index in [4.69, 9.17) is 22.1 Å². The summed E-state index contributed by atoms with van der Waals surface area (Å²) in [7, 11) is 0. The number of carbonyl (C=O) groups is 3. The topological polar surface area (TPSA) is 114 Å². The van der Waals surface area contributed by atoms with Gasteiger partial charge in [-0.25, -0.2) is 4.79 Å². The Balaban J connectivity index is 1.46. The zero-order valence-electron chi connectivity index (χ0n) is 18.2. The minimum Gasteiger partial charge on any atom is -0.467 e. The van der Waals surface area contributed by atoms with Gasteiger partial charge in [-0.15, -0.1) is 0 Å². The number of fused-ring (bicyclic) bond motifs is 4. The van der Waals surface area contributed by atoms with E-state index >= 15 is 0 Å². The Morgan fingerprint density at radius 2 is 1.94 bits per heavy atom. The van der Waals surface area contributed by atoms with Crippen LogP contribution >= 0.6 is 11.6 Å². The second-order valence-corrected chi connectivity index (χ2v) is 8.85. The predicted molar refractivity (Wildman–Crippen MR) is 128 cm³/mol. The lowest BCUT2D eigenvalue weighted by Gasteiger charge is -2.50. The number of para-hydroxylation sites is 1. The van der Waals surface area contributed by atoms with E-state index in [2.05, 4.69) is 10.6 Å². The molecule has 5 rings (SSSR count). The maximum atomic E-state index is 13.1. The molecule has 2 heterocycles. The molecule has 34 heavy (non-hydrogen) atoms. The van der Waals surface area contributed by atoms with Crippen molar-refractivity contribution in [2.75, 3.05) is 10.2 Å². The van der Waals surface area contributed by atoms with Gasteiger partial charge in [0.2, 0.25) is 0 Å². The number of carbonyl (C=O) groups excluding carboxylic acids is 3. The van der Waals surface area contributed by atoms with Crippen LogP contribution in [0.2, 0.25) is 5.02 Å². The Labute approximate surface area is 200 Å². The molecule has 0 aliphatic carbocycles. The second kappa shape index (κ2) is 8.07. The number of halogens is 1. The highest BCUT2D eigenvalue weighted by Gasteiger charge is 2.50. The smallest absolute Gasteiger partial charge is 0.325 e. The summed E-state index contributed by atoms with van der Waals surface area (Å²) >= 11 is 6.14. The van der Waals surface area contributed by atoms with Crippen LogP contribution in [0.4, 0.5) is 16.2 Å². The molecule has 172 valence electrons. The molecule has 4 amide bonds. The number of ether oxygens (including phenoxy) is 1. The quantitative estimate of drug-likeness (QED) is 0.515.